The van der Waals surface area contributed by atoms with Crippen molar-refractivity contribution in [2.45, 2.75) is 97.7 Å². The summed E-state index contributed by atoms with van der Waals surface area (Å²) in [4.78, 5) is 4.13. The zero-order chi connectivity index (χ0) is 24.7. The Morgan fingerprint density at radius 1 is 1.06 bits per heavy atom. The van der Waals surface area contributed by atoms with Crippen molar-refractivity contribution < 1.29 is 14.9 Å². The van der Waals surface area contributed by atoms with E-state index >= 15 is 0 Å². The van der Waals surface area contributed by atoms with E-state index in [0.29, 0.717) is 59.3 Å². The molecule has 0 saturated heterocycles. The van der Waals surface area contributed by atoms with E-state index in [1.54, 1.807) is 6.08 Å². The molecule has 34 heavy (non-hydrogen) atoms. The number of hydrogen-bond acceptors (Lipinski definition) is 4. The van der Waals surface area contributed by atoms with Crippen molar-refractivity contribution in [3.8, 4) is 0 Å². The lowest BCUT2D eigenvalue weighted by Gasteiger charge is -2.64. The van der Waals surface area contributed by atoms with Crippen molar-refractivity contribution in [2.24, 2.45) is 57.2 Å². The van der Waals surface area contributed by atoms with Gasteiger partial charge < -0.3 is 14.9 Å². The van der Waals surface area contributed by atoms with Crippen LogP contribution in [-0.2, 0) is 4.74 Å². The van der Waals surface area contributed by atoms with Gasteiger partial charge in [-0.3, -0.25) is 0 Å². The summed E-state index contributed by atoms with van der Waals surface area (Å²) in [5.41, 5.74) is 0.571. The van der Waals surface area contributed by atoms with Crippen LogP contribution in [0.5, 0.6) is 0 Å². The average molecular weight is 472 g/mol. The Bertz CT molecular complexity index is 779. The monoisotopic (exact) mass is 471 g/mol. The van der Waals surface area contributed by atoms with Crippen LogP contribution in [0.4, 0.5) is 0 Å². The fraction of sp³-hybridized carbons (Fsp3) is 0.833. The van der Waals surface area contributed by atoms with Gasteiger partial charge in [0.05, 0.1) is 18.8 Å². The summed E-state index contributed by atoms with van der Waals surface area (Å²) < 4.78 is 5.84. The molecule has 0 radical (unpaired) electrons. The Morgan fingerprint density at radius 3 is 2.44 bits per heavy atom. The van der Waals surface area contributed by atoms with Crippen LogP contribution in [0.1, 0.15) is 85.5 Å². The van der Waals surface area contributed by atoms with Crippen LogP contribution >= 0.6 is 0 Å². The van der Waals surface area contributed by atoms with E-state index in [4.69, 9.17) is 4.74 Å². The molecule has 192 valence electrons. The van der Waals surface area contributed by atoms with Gasteiger partial charge in [0.15, 0.2) is 0 Å². The first-order valence-corrected chi connectivity index (χ1v) is 14.0. The van der Waals surface area contributed by atoms with E-state index in [9.17, 15) is 10.2 Å². The van der Waals surface area contributed by atoms with Crippen molar-refractivity contribution in [1.29, 1.82) is 0 Å². The van der Waals surface area contributed by atoms with Gasteiger partial charge in [0, 0.05) is 6.20 Å². The zero-order valence-electron chi connectivity index (χ0n) is 22.1. The lowest BCUT2D eigenvalue weighted by molar-refractivity contribution is -0.203. The molecule has 11 atom stereocenters. The van der Waals surface area contributed by atoms with Crippen LogP contribution in [0.25, 0.3) is 0 Å². The van der Waals surface area contributed by atoms with Crippen molar-refractivity contribution in [3.05, 3.63) is 25.4 Å². The molecule has 4 aliphatic rings. The molecule has 0 spiro atoms. The van der Waals surface area contributed by atoms with Crippen LogP contribution < -0.4 is 0 Å². The number of fused-ring (bicyclic) bond motifs is 5. The summed E-state index contributed by atoms with van der Waals surface area (Å²) in [6.07, 6.45) is 12.8. The van der Waals surface area contributed by atoms with Gasteiger partial charge in [0.2, 0.25) is 5.90 Å². The molecule has 2 N–H and O–H groups in total. The van der Waals surface area contributed by atoms with Gasteiger partial charge in [-0.25, -0.2) is 4.99 Å². The first kappa shape index (κ1) is 25.9. The molecule has 0 unspecified atom stereocenters. The van der Waals surface area contributed by atoms with Gasteiger partial charge in [0.25, 0.3) is 0 Å². The molecule has 0 heterocycles. The minimum absolute atomic E-state index is 0.179. The number of ether oxygens (including phenoxy) is 1. The molecule has 0 bridgehead atoms. The van der Waals surface area contributed by atoms with Crippen LogP contribution in [0.2, 0.25) is 0 Å². The number of aliphatic hydroxyl groups excluding tert-OH is 2. The highest BCUT2D eigenvalue weighted by Gasteiger charge is 2.64. The minimum Gasteiger partial charge on any atom is -0.478 e. The van der Waals surface area contributed by atoms with E-state index < -0.39 is 0 Å². The van der Waals surface area contributed by atoms with Crippen LogP contribution in [-0.4, -0.2) is 34.9 Å². The maximum absolute atomic E-state index is 11.8. The Hall–Kier alpha value is -1.13. The fourth-order valence-electron chi connectivity index (χ4n) is 9.72. The van der Waals surface area contributed by atoms with E-state index in [-0.39, 0.29) is 17.6 Å². The summed E-state index contributed by atoms with van der Waals surface area (Å²) in [5, 5.41) is 22.3. The largest absolute Gasteiger partial charge is 0.478 e. The molecule has 0 aliphatic heterocycles. The second-order valence-corrected chi connectivity index (χ2v) is 12.6. The van der Waals surface area contributed by atoms with Gasteiger partial charge >= 0.3 is 0 Å². The molecular weight excluding hydrogens is 422 g/mol. The molecule has 4 aliphatic carbocycles. The van der Waals surface area contributed by atoms with Gasteiger partial charge in [-0.2, -0.15) is 0 Å². The molecule has 0 amide bonds. The lowest BCUT2D eigenvalue weighted by Crippen LogP contribution is -2.62. The Labute approximate surface area is 208 Å². The van der Waals surface area contributed by atoms with E-state index in [0.717, 1.165) is 32.1 Å². The van der Waals surface area contributed by atoms with E-state index in [2.05, 4.69) is 45.8 Å². The summed E-state index contributed by atoms with van der Waals surface area (Å²) >= 11 is 0. The smallest absolute Gasteiger partial charge is 0.212 e. The van der Waals surface area contributed by atoms with Gasteiger partial charge in [-0.15, -0.1) is 0 Å². The Morgan fingerprint density at radius 2 is 1.76 bits per heavy atom. The number of hydrogen-bond donors (Lipinski definition) is 2. The minimum atomic E-state index is -0.217. The molecule has 0 aromatic heterocycles. The molecule has 4 fully saturated rings. The zero-order valence-corrected chi connectivity index (χ0v) is 22.1. The third-order valence-corrected chi connectivity index (χ3v) is 11.4. The number of aliphatic hydroxyl groups is 2. The highest BCUT2D eigenvalue weighted by Crippen LogP contribution is 2.69. The number of nitrogens with zero attached hydrogens (tertiary/aromatic N) is 1. The quantitative estimate of drug-likeness (QED) is 0.334. The number of rotatable bonds is 7. The second kappa shape index (κ2) is 10.1. The SMILES string of the molecule is C=C/N=C(\C=C)OCC[C@@H](C)[C@H]1CC[C@H]2[C@@H]3[C@H](O)[C@H](CC)[C@@H]4C[C@H](O)CC[C@]4(C)[C@H]3CC[C@]12C. The first-order chi connectivity index (χ1) is 16.2. The average Bonchev–Trinajstić information content (AvgIpc) is 3.17. The first-order valence-electron chi connectivity index (χ1n) is 14.0. The molecule has 0 aromatic rings. The number of aliphatic imine (C=N–C) groups is 1. The summed E-state index contributed by atoms with van der Waals surface area (Å²) in [6.45, 7) is 17.8. The summed E-state index contributed by atoms with van der Waals surface area (Å²) in [7, 11) is 0. The Balaban J connectivity index is 1.51. The van der Waals surface area contributed by atoms with Gasteiger partial charge in [-0.1, -0.05) is 47.3 Å². The van der Waals surface area contributed by atoms with Crippen LogP contribution in [0.15, 0.2) is 30.4 Å². The second-order valence-electron chi connectivity index (χ2n) is 12.6. The molecular formula is C30H49NO3. The predicted molar refractivity (Wildman–Crippen MR) is 139 cm³/mol. The van der Waals surface area contributed by atoms with Crippen molar-refractivity contribution >= 4 is 5.90 Å². The Kier molecular flexibility index (Phi) is 7.70. The predicted octanol–water partition coefficient (Wildman–Crippen LogP) is 6.38. The fourth-order valence-corrected chi connectivity index (χ4v) is 9.72. The van der Waals surface area contributed by atoms with E-state index in [1.165, 1.54) is 31.9 Å². The van der Waals surface area contributed by atoms with Crippen LogP contribution in [0.3, 0.4) is 0 Å². The third kappa shape index (κ3) is 4.21. The topological polar surface area (TPSA) is 62.0 Å². The standard InChI is InChI=1S/C30H49NO3/c1-7-21-25-18-20(32)12-15-30(25,6)24-13-16-29(5)22(10-11-23(29)27(24)28(21)33)19(4)14-17-34-26(8-2)31-9-3/h8-9,19-25,27-28,32-33H,2-3,7,10-18H2,1,4-6H3/b31-26+/t19-,20-,21-,22-,23+,24+,25+,27+,28-,29-,30-/m1/s1. The molecule has 4 nitrogen and oxygen atoms in total. The van der Waals surface area contributed by atoms with Crippen molar-refractivity contribution in [2.75, 3.05) is 6.61 Å². The normalized spacial score (nSPS) is 47.2. The summed E-state index contributed by atoms with van der Waals surface area (Å²) in [5.74, 6) is 4.23. The van der Waals surface area contributed by atoms with Gasteiger partial charge in [0.1, 0.15) is 0 Å². The van der Waals surface area contributed by atoms with Crippen LogP contribution in [0, 0.1) is 52.3 Å². The highest BCUT2D eigenvalue weighted by atomic mass is 16.5. The summed E-state index contributed by atoms with van der Waals surface area (Å²) in [6, 6.07) is 0. The van der Waals surface area contributed by atoms with Crippen molar-refractivity contribution in [1.82, 2.24) is 0 Å². The van der Waals surface area contributed by atoms with Gasteiger partial charge in [-0.05, 0) is 110 Å². The molecule has 4 heteroatoms. The third-order valence-electron chi connectivity index (χ3n) is 11.4. The highest BCUT2D eigenvalue weighted by molar-refractivity contribution is 5.87. The van der Waals surface area contributed by atoms with Crippen molar-refractivity contribution in [3.63, 3.8) is 0 Å². The molecule has 0 aromatic carbocycles. The van der Waals surface area contributed by atoms with E-state index in [1.807, 2.05) is 0 Å². The molecule has 4 rings (SSSR count). The maximum Gasteiger partial charge on any atom is 0.212 e. The lowest BCUT2D eigenvalue weighted by atomic mass is 9.41. The molecule has 4 saturated carbocycles. The maximum atomic E-state index is 11.8.